The number of Topliss-reactive ketones (excluding diaryl/α,β-unsaturated/α-hetero) is 2. The number of ether oxygens (including phenoxy) is 1. The summed E-state index contributed by atoms with van der Waals surface area (Å²) in [5.41, 5.74) is -0.0704. The molecule has 0 spiro atoms. The Labute approximate surface area is 117 Å². The summed E-state index contributed by atoms with van der Waals surface area (Å²) in [4.78, 5) is 23.4. The minimum atomic E-state index is -0.727. The van der Waals surface area contributed by atoms with Gasteiger partial charge in [0.15, 0.2) is 11.6 Å². The van der Waals surface area contributed by atoms with E-state index < -0.39 is 11.2 Å². The van der Waals surface area contributed by atoms with Gasteiger partial charge in [-0.05, 0) is 37.5 Å². The maximum absolute atomic E-state index is 13.5. The number of rotatable bonds is 6. The lowest BCUT2D eigenvalue weighted by Gasteiger charge is -2.07. The number of hydrogen-bond donors (Lipinski definition) is 0. The van der Waals surface area contributed by atoms with Crippen LogP contribution in [0, 0.1) is 11.2 Å². The molecule has 1 aromatic carbocycles. The molecule has 0 heterocycles. The fourth-order valence-corrected chi connectivity index (χ4v) is 2.24. The Morgan fingerprint density at radius 3 is 2.60 bits per heavy atom. The second-order valence-corrected chi connectivity index (χ2v) is 5.06. The first-order chi connectivity index (χ1) is 9.49. The van der Waals surface area contributed by atoms with Gasteiger partial charge in [0, 0.05) is 6.42 Å². The molecule has 0 saturated heterocycles. The van der Waals surface area contributed by atoms with Crippen LogP contribution in [0.5, 0.6) is 5.75 Å². The minimum Gasteiger partial charge on any atom is -0.494 e. The highest BCUT2D eigenvalue weighted by molar-refractivity contribution is 6.09. The Bertz CT molecular complexity index is 571. The van der Waals surface area contributed by atoms with Crippen LogP contribution in [0.2, 0.25) is 0 Å². The molecule has 0 unspecified atom stereocenters. The Morgan fingerprint density at radius 1 is 1.40 bits per heavy atom. The van der Waals surface area contributed by atoms with Crippen molar-refractivity contribution in [2.24, 2.45) is 5.41 Å². The summed E-state index contributed by atoms with van der Waals surface area (Å²) in [7, 11) is 1.41. The van der Waals surface area contributed by atoms with Crippen LogP contribution in [0.25, 0.3) is 6.08 Å². The molecule has 0 aliphatic heterocycles. The molecule has 2 rings (SSSR count). The molecule has 1 aromatic rings. The number of methoxy groups -OCH3 is 1. The topological polar surface area (TPSA) is 43.4 Å². The predicted molar refractivity (Wildman–Crippen MR) is 74.0 cm³/mol. The van der Waals surface area contributed by atoms with Crippen molar-refractivity contribution in [2.75, 3.05) is 7.11 Å². The summed E-state index contributed by atoms with van der Waals surface area (Å²) in [6, 6.07) is 4.59. The van der Waals surface area contributed by atoms with E-state index in [0.717, 1.165) is 0 Å². The van der Waals surface area contributed by atoms with Crippen LogP contribution >= 0.6 is 0 Å². The van der Waals surface area contributed by atoms with E-state index in [9.17, 15) is 14.0 Å². The first-order valence-corrected chi connectivity index (χ1v) is 6.54. The third-order valence-electron chi connectivity index (χ3n) is 3.75. The molecule has 0 bridgehead atoms. The van der Waals surface area contributed by atoms with Gasteiger partial charge in [-0.2, -0.15) is 0 Å². The minimum absolute atomic E-state index is 0.0461. The second-order valence-electron chi connectivity index (χ2n) is 5.06. The molecular formula is C16H17FO3. The zero-order chi connectivity index (χ0) is 14.8. The normalized spacial score (nSPS) is 16.1. The largest absolute Gasteiger partial charge is 0.494 e. The van der Waals surface area contributed by atoms with E-state index in [1.165, 1.54) is 26.2 Å². The summed E-state index contributed by atoms with van der Waals surface area (Å²) in [5.74, 6) is -0.350. The number of allylic oxidation sites excluding steroid dienone is 1. The van der Waals surface area contributed by atoms with Crippen LogP contribution in [0.1, 0.15) is 31.7 Å². The zero-order valence-corrected chi connectivity index (χ0v) is 11.6. The number of ketones is 2. The van der Waals surface area contributed by atoms with Gasteiger partial charge < -0.3 is 4.74 Å². The molecule has 0 radical (unpaired) electrons. The predicted octanol–water partition coefficient (Wildman–Crippen LogP) is 3.18. The van der Waals surface area contributed by atoms with Gasteiger partial charge in [-0.25, -0.2) is 4.39 Å². The van der Waals surface area contributed by atoms with Crippen LogP contribution in [0.3, 0.4) is 0 Å². The van der Waals surface area contributed by atoms with Gasteiger partial charge >= 0.3 is 0 Å². The van der Waals surface area contributed by atoms with E-state index in [1.807, 2.05) is 0 Å². The highest BCUT2D eigenvalue weighted by Crippen LogP contribution is 2.48. The maximum Gasteiger partial charge on any atom is 0.165 e. The van der Waals surface area contributed by atoms with Gasteiger partial charge in [0.05, 0.1) is 12.5 Å². The summed E-state index contributed by atoms with van der Waals surface area (Å²) in [5, 5.41) is 0. The molecule has 0 atom stereocenters. The average Bonchev–Trinajstić information content (AvgIpc) is 3.20. The Kier molecular flexibility index (Phi) is 4.02. The molecule has 0 N–H and O–H groups in total. The highest BCUT2D eigenvalue weighted by Gasteiger charge is 2.52. The van der Waals surface area contributed by atoms with E-state index in [-0.39, 0.29) is 23.7 Å². The lowest BCUT2D eigenvalue weighted by atomic mass is 9.94. The Balaban J connectivity index is 1.99. The number of carbonyl (C=O) groups excluding carboxylic acids is 2. The van der Waals surface area contributed by atoms with E-state index >= 15 is 0 Å². The first kappa shape index (κ1) is 14.4. The lowest BCUT2D eigenvalue weighted by Crippen LogP contribution is -2.22. The van der Waals surface area contributed by atoms with Crippen molar-refractivity contribution in [3.63, 3.8) is 0 Å². The molecule has 1 aliphatic rings. The lowest BCUT2D eigenvalue weighted by molar-refractivity contribution is -0.132. The summed E-state index contributed by atoms with van der Waals surface area (Å²) < 4.78 is 18.3. The van der Waals surface area contributed by atoms with Crippen molar-refractivity contribution in [3.05, 3.63) is 35.7 Å². The summed E-state index contributed by atoms with van der Waals surface area (Å²) in [6.45, 7) is 1.47. The molecule has 3 nitrogen and oxygen atoms in total. The summed E-state index contributed by atoms with van der Waals surface area (Å²) in [6.07, 6.45) is 4.87. The van der Waals surface area contributed by atoms with Crippen molar-refractivity contribution >= 4 is 17.6 Å². The second kappa shape index (κ2) is 5.57. The van der Waals surface area contributed by atoms with Gasteiger partial charge in [0.2, 0.25) is 0 Å². The molecule has 1 saturated carbocycles. The molecule has 20 heavy (non-hydrogen) atoms. The third kappa shape index (κ3) is 2.79. The van der Waals surface area contributed by atoms with Crippen molar-refractivity contribution in [1.29, 1.82) is 0 Å². The number of hydrogen-bond acceptors (Lipinski definition) is 3. The first-order valence-electron chi connectivity index (χ1n) is 6.54. The monoisotopic (exact) mass is 276 g/mol. The fraction of sp³-hybridized carbons (Fsp3) is 0.375. The average molecular weight is 276 g/mol. The number of carbonyl (C=O) groups is 2. The molecule has 1 fully saturated rings. The van der Waals surface area contributed by atoms with Crippen LogP contribution < -0.4 is 4.74 Å². The smallest absolute Gasteiger partial charge is 0.165 e. The van der Waals surface area contributed by atoms with Crippen molar-refractivity contribution < 1.29 is 18.7 Å². The zero-order valence-electron chi connectivity index (χ0n) is 11.6. The van der Waals surface area contributed by atoms with Crippen LogP contribution in [-0.2, 0) is 9.59 Å². The van der Waals surface area contributed by atoms with E-state index in [1.54, 1.807) is 18.2 Å². The fourth-order valence-electron chi connectivity index (χ4n) is 2.24. The van der Waals surface area contributed by atoms with E-state index in [0.29, 0.717) is 18.4 Å². The molecule has 1 aliphatic carbocycles. The van der Waals surface area contributed by atoms with Crippen molar-refractivity contribution in [1.82, 2.24) is 0 Å². The number of halogens is 1. The summed E-state index contributed by atoms with van der Waals surface area (Å²) >= 11 is 0. The maximum atomic E-state index is 13.5. The van der Waals surface area contributed by atoms with Crippen LogP contribution in [0.15, 0.2) is 24.3 Å². The van der Waals surface area contributed by atoms with Crippen LogP contribution in [-0.4, -0.2) is 18.7 Å². The van der Waals surface area contributed by atoms with E-state index in [2.05, 4.69) is 0 Å². The van der Waals surface area contributed by atoms with Gasteiger partial charge in [0.25, 0.3) is 0 Å². The Hall–Kier alpha value is -1.97. The van der Waals surface area contributed by atoms with E-state index in [4.69, 9.17) is 4.74 Å². The molecule has 4 heteroatoms. The quantitative estimate of drug-likeness (QED) is 0.749. The van der Waals surface area contributed by atoms with Crippen molar-refractivity contribution in [3.8, 4) is 5.75 Å². The Morgan fingerprint density at radius 2 is 2.10 bits per heavy atom. The number of benzene rings is 1. The van der Waals surface area contributed by atoms with Gasteiger partial charge in [-0.3, -0.25) is 9.59 Å². The molecule has 106 valence electrons. The molecule has 0 amide bonds. The molecular weight excluding hydrogens is 259 g/mol. The van der Waals surface area contributed by atoms with Gasteiger partial charge in [-0.1, -0.05) is 18.2 Å². The highest BCUT2D eigenvalue weighted by atomic mass is 19.1. The standard InChI is InChI=1S/C16H17FO3/c1-11(18)16(8-9-16)15(19)5-3-4-12-6-7-14(20-2)13(17)10-12/h3-4,6-7,10H,5,8-9H2,1-2H3. The van der Waals surface area contributed by atoms with Crippen LogP contribution in [0.4, 0.5) is 4.39 Å². The SMILES string of the molecule is COc1ccc(C=CCC(=O)C2(C(C)=O)CC2)cc1F. The van der Waals surface area contributed by atoms with Gasteiger partial charge in [0.1, 0.15) is 11.6 Å². The molecule has 0 aromatic heterocycles. The van der Waals surface area contributed by atoms with Crippen molar-refractivity contribution in [2.45, 2.75) is 26.2 Å². The third-order valence-corrected chi connectivity index (χ3v) is 3.75. The van der Waals surface area contributed by atoms with Gasteiger partial charge in [-0.15, -0.1) is 0 Å².